The zero-order chi connectivity index (χ0) is 22.5. The summed E-state index contributed by atoms with van der Waals surface area (Å²) in [6.45, 7) is 2.33. The van der Waals surface area contributed by atoms with E-state index in [1.165, 1.54) is 55.4 Å². The van der Waals surface area contributed by atoms with Crippen LogP contribution in [0.1, 0.15) is 72.3 Å². The molecule has 3 aromatic carbocycles. The summed E-state index contributed by atoms with van der Waals surface area (Å²) in [5.41, 5.74) is 3.15. The summed E-state index contributed by atoms with van der Waals surface area (Å²) in [6.07, 6.45) is 6.09. The predicted molar refractivity (Wildman–Crippen MR) is 127 cm³/mol. The molecule has 0 unspecified atom stereocenters. The highest BCUT2D eigenvalue weighted by molar-refractivity contribution is 6.30. The Hall–Kier alpha value is -2.65. The van der Waals surface area contributed by atoms with Crippen LogP contribution in [-0.2, 0) is 0 Å². The molecule has 2 nitrogen and oxygen atoms in total. The molecule has 1 atom stereocenters. The van der Waals surface area contributed by atoms with Crippen molar-refractivity contribution in [1.82, 2.24) is 0 Å². The van der Waals surface area contributed by atoms with Gasteiger partial charge in [0.25, 0.3) is 0 Å². The predicted octanol–water partition coefficient (Wildman–Crippen LogP) is 8.17. The van der Waals surface area contributed by atoms with Gasteiger partial charge in [-0.2, -0.15) is 0 Å². The lowest BCUT2D eigenvalue weighted by Crippen LogP contribution is -2.15. The Morgan fingerprint density at radius 3 is 2.34 bits per heavy atom. The normalized spacial score (nSPS) is 19.3. The largest absolute Gasteiger partial charge is 0.423 e. The van der Waals surface area contributed by atoms with E-state index in [1.54, 1.807) is 12.1 Å². The topological polar surface area (TPSA) is 26.3 Å². The number of hydrogen-bond donors (Lipinski definition) is 0. The molecule has 1 aliphatic rings. The highest BCUT2D eigenvalue weighted by Crippen LogP contribution is 2.39. The van der Waals surface area contributed by atoms with Crippen LogP contribution >= 0.6 is 11.6 Å². The number of ether oxygens (including phenoxy) is 1. The summed E-state index contributed by atoms with van der Waals surface area (Å²) in [5.74, 6) is 0.934. The average Bonchev–Trinajstić information content (AvgIpc) is 2.82. The summed E-state index contributed by atoms with van der Waals surface area (Å²) in [5, 5.41) is -0.00149. The fourth-order valence-corrected chi connectivity index (χ4v) is 4.86. The van der Waals surface area contributed by atoms with Crippen LogP contribution in [0.5, 0.6) is 5.75 Å². The first-order valence-corrected chi connectivity index (χ1v) is 11.7. The van der Waals surface area contributed by atoms with Crippen molar-refractivity contribution in [3.05, 3.63) is 100 Å². The molecule has 0 bridgehead atoms. The van der Waals surface area contributed by atoms with Gasteiger partial charge >= 0.3 is 5.97 Å². The first-order valence-electron chi connectivity index (χ1n) is 11.3. The van der Waals surface area contributed by atoms with Crippen molar-refractivity contribution in [2.75, 3.05) is 0 Å². The molecule has 4 heteroatoms. The summed E-state index contributed by atoms with van der Waals surface area (Å²) in [6, 6.07) is 22.4. The third-order valence-corrected chi connectivity index (χ3v) is 6.93. The number of hydrogen-bond acceptors (Lipinski definition) is 2. The number of carbonyl (C=O) groups is 1. The number of halogens is 2. The second-order valence-corrected chi connectivity index (χ2v) is 9.26. The van der Waals surface area contributed by atoms with Crippen molar-refractivity contribution < 1.29 is 13.9 Å². The quantitative estimate of drug-likeness (QED) is 0.279. The van der Waals surface area contributed by atoms with Crippen LogP contribution in [-0.4, -0.2) is 5.97 Å². The summed E-state index contributed by atoms with van der Waals surface area (Å²) in [4.78, 5) is 12.4. The van der Waals surface area contributed by atoms with E-state index in [0.29, 0.717) is 17.4 Å². The Labute approximate surface area is 194 Å². The van der Waals surface area contributed by atoms with Gasteiger partial charge in [-0.1, -0.05) is 61.0 Å². The van der Waals surface area contributed by atoms with Crippen LogP contribution in [0.2, 0.25) is 5.02 Å². The number of esters is 1. The molecule has 0 amide bonds. The minimum absolute atomic E-state index is 0.00149. The fourth-order valence-electron chi connectivity index (χ4n) is 4.75. The van der Waals surface area contributed by atoms with Gasteiger partial charge in [0.1, 0.15) is 11.6 Å². The Bertz CT molecular complexity index is 1040. The van der Waals surface area contributed by atoms with Gasteiger partial charge in [0.2, 0.25) is 0 Å². The van der Waals surface area contributed by atoms with Crippen LogP contribution in [0.4, 0.5) is 4.39 Å². The summed E-state index contributed by atoms with van der Waals surface area (Å²) in [7, 11) is 0. The van der Waals surface area contributed by atoms with Crippen molar-refractivity contribution in [1.29, 1.82) is 0 Å². The van der Waals surface area contributed by atoms with Crippen LogP contribution in [0.15, 0.2) is 72.8 Å². The zero-order valence-corrected chi connectivity index (χ0v) is 19.0. The second kappa shape index (κ2) is 10.3. The van der Waals surface area contributed by atoms with Gasteiger partial charge in [-0.3, -0.25) is 0 Å². The number of rotatable bonds is 6. The van der Waals surface area contributed by atoms with Crippen LogP contribution in [0, 0.1) is 11.7 Å². The molecule has 0 aromatic heterocycles. The van der Waals surface area contributed by atoms with Gasteiger partial charge in [-0.05, 0) is 85.3 Å². The van der Waals surface area contributed by atoms with Crippen LogP contribution in [0.3, 0.4) is 0 Å². The number of carbonyl (C=O) groups excluding carboxylic acids is 1. The molecule has 1 aliphatic carbocycles. The van der Waals surface area contributed by atoms with E-state index in [1.807, 2.05) is 12.1 Å². The molecule has 0 heterocycles. The van der Waals surface area contributed by atoms with Gasteiger partial charge in [0.15, 0.2) is 0 Å². The fraction of sp³-hybridized carbons (Fsp3) is 0.321. The highest BCUT2D eigenvalue weighted by atomic mass is 35.5. The van der Waals surface area contributed by atoms with Crippen LogP contribution in [0.25, 0.3) is 0 Å². The second-order valence-electron chi connectivity index (χ2n) is 8.85. The van der Waals surface area contributed by atoms with Gasteiger partial charge in [-0.25, -0.2) is 9.18 Å². The van der Waals surface area contributed by atoms with E-state index in [4.69, 9.17) is 16.3 Å². The lowest BCUT2D eigenvalue weighted by atomic mass is 9.75. The van der Waals surface area contributed by atoms with Crippen molar-refractivity contribution in [3.63, 3.8) is 0 Å². The third-order valence-electron chi connectivity index (χ3n) is 6.62. The minimum atomic E-state index is -0.610. The van der Waals surface area contributed by atoms with E-state index in [2.05, 4.69) is 37.3 Å². The first-order chi connectivity index (χ1) is 15.5. The van der Waals surface area contributed by atoms with E-state index in [0.717, 1.165) is 12.0 Å². The lowest BCUT2D eigenvalue weighted by Gasteiger charge is -2.30. The number of benzene rings is 3. The molecule has 4 rings (SSSR count). The Morgan fingerprint density at radius 2 is 1.69 bits per heavy atom. The molecule has 0 saturated heterocycles. The smallest absolute Gasteiger partial charge is 0.343 e. The molecule has 0 aliphatic heterocycles. The van der Waals surface area contributed by atoms with Gasteiger partial charge < -0.3 is 4.74 Å². The average molecular weight is 451 g/mol. The maximum absolute atomic E-state index is 13.6. The molecular weight excluding hydrogens is 423 g/mol. The zero-order valence-electron chi connectivity index (χ0n) is 18.3. The maximum Gasteiger partial charge on any atom is 0.343 e. The molecule has 0 spiro atoms. The monoisotopic (exact) mass is 450 g/mol. The van der Waals surface area contributed by atoms with E-state index >= 15 is 0 Å². The summed E-state index contributed by atoms with van der Waals surface area (Å²) < 4.78 is 18.8. The molecular formula is C28H28ClFO2. The van der Waals surface area contributed by atoms with E-state index < -0.39 is 11.8 Å². The lowest BCUT2D eigenvalue weighted by molar-refractivity contribution is 0.0734. The van der Waals surface area contributed by atoms with Crippen molar-refractivity contribution in [2.45, 2.75) is 50.9 Å². The first kappa shape index (κ1) is 22.5. The van der Waals surface area contributed by atoms with Gasteiger partial charge in [0.05, 0.1) is 10.6 Å². The molecule has 1 fully saturated rings. The van der Waals surface area contributed by atoms with Gasteiger partial charge in [0, 0.05) is 6.07 Å². The summed E-state index contributed by atoms with van der Waals surface area (Å²) >= 11 is 5.67. The minimum Gasteiger partial charge on any atom is -0.423 e. The van der Waals surface area contributed by atoms with Crippen LogP contribution < -0.4 is 4.74 Å². The Balaban J connectivity index is 1.30. The van der Waals surface area contributed by atoms with E-state index in [9.17, 15) is 9.18 Å². The maximum atomic E-state index is 13.6. The molecule has 0 N–H and O–H groups in total. The molecule has 0 radical (unpaired) electrons. The van der Waals surface area contributed by atoms with Crippen molar-refractivity contribution in [2.24, 2.45) is 5.92 Å². The molecule has 166 valence electrons. The molecule has 3 aromatic rings. The SMILES string of the molecule is C[C@H](CC1CCC(c2ccc(C(=O)Oc3ccc(Cl)c(F)c3)cc2)CC1)c1ccccc1. The molecule has 1 saturated carbocycles. The van der Waals surface area contributed by atoms with Gasteiger partial charge in [-0.15, -0.1) is 0 Å². The molecule has 32 heavy (non-hydrogen) atoms. The highest BCUT2D eigenvalue weighted by Gasteiger charge is 2.24. The Kier molecular flexibility index (Phi) is 7.26. The third kappa shape index (κ3) is 5.58. The van der Waals surface area contributed by atoms with Crippen molar-refractivity contribution in [3.8, 4) is 5.75 Å². The van der Waals surface area contributed by atoms with Crippen molar-refractivity contribution >= 4 is 17.6 Å². The van der Waals surface area contributed by atoms with E-state index in [-0.39, 0.29) is 10.8 Å². The standard InChI is InChI=1S/C28H28ClFO2/c1-19(21-5-3-2-4-6-21)17-20-7-9-22(10-8-20)23-11-13-24(14-12-23)28(31)32-25-15-16-26(29)27(30)18-25/h2-6,11-16,18-20,22H,7-10,17H2,1H3/t19-,20?,22?/m1/s1. The Morgan fingerprint density at radius 1 is 1.00 bits per heavy atom.